The number of rotatable bonds is 3. The maximum atomic E-state index is 13.2. The highest BCUT2D eigenvalue weighted by atomic mass is 32.2. The second-order valence-electron chi connectivity index (χ2n) is 5.17. The van der Waals surface area contributed by atoms with Gasteiger partial charge in [0.2, 0.25) is 15.0 Å². The normalized spacial score (nSPS) is 11.6. The van der Waals surface area contributed by atoms with E-state index in [-0.39, 0.29) is 11.0 Å². The van der Waals surface area contributed by atoms with Crippen molar-refractivity contribution in [2.75, 3.05) is 6.26 Å². The third-order valence-electron chi connectivity index (χ3n) is 3.46. The minimum Gasteiger partial charge on any atom is -0.317 e. The average Bonchev–Trinajstić information content (AvgIpc) is 2.86. The predicted octanol–water partition coefficient (Wildman–Crippen LogP) is 2.69. The van der Waals surface area contributed by atoms with Gasteiger partial charge in [-0.2, -0.15) is 0 Å². The van der Waals surface area contributed by atoms with Gasteiger partial charge in [-0.05, 0) is 36.4 Å². The molecule has 0 amide bonds. The molecule has 0 radical (unpaired) electrons. The lowest BCUT2D eigenvalue weighted by atomic mass is 10.1. The highest BCUT2D eigenvalue weighted by Crippen LogP contribution is 2.33. The quantitative estimate of drug-likeness (QED) is 0.740. The highest BCUT2D eigenvalue weighted by molar-refractivity contribution is 7.90. The average molecular weight is 331 g/mol. The van der Waals surface area contributed by atoms with E-state index in [2.05, 4.69) is 9.97 Å². The summed E-state index contributed by atoms with van der Waals surface area (Å²) in [6.45, 7) is 0. The van der Waals surface area contributed by atoms with Crippen LogP contribution in [0.1, 0.15) is 0 Å². The van der Waals surface area contributed by atoms with E-state index in [1.54, 1.807) is 43.7 Å². The summed E-state index contributed by atoms with van der Waals surface area (Å²) in [6, 6.07) is 9.34. The Labute approximate surface area is 133 Å². The van der Waals surface area contributed by atoms with E-state index in [0.717, 1.165) is 11.8 Å². The van der Waals surface area contributed by atoms with Gasteiger partial charge < -0.3 is 4.57 Å². The van der Waals surface area contributed by atoms with E-state index in [0.29, 0.717) is 17.0 Å². The molecule has 0 aliphatic carbocycles. The van der Waals surface area contributed by atoms with Crippen LogP contribution in [-0.2, 0) is 16.9 Å². The zero-order valence-electron chi connectivity index (χ0n) is 12.6. The van der Waals surface area contributed by atoms with Crippen molar-refractivity contribution in [3.8, 4) is 22.5 Å². The minimum atomic E-state index is -3.50. The Morgan fingerprint density at radius 3 is 2.17 bits per heavy atom. The summed E-state index contributed by atoms with van der Waals surface area (Å²) < 4.78 is 38.7. The first-order valence-electron chi connectivity index (χ1n) is 6.81. The number of nitrogens with zero attached hydrogens (tertiary/aromatic N) is 3. The molecule has 2 heterocycles. The monoisotopic (exact) mass is 331 g/mol. The molecule has 0 bridgehead atoms. The van der Waals surface area contributed by atoms with Gasteiger partial charge in [0, 0.05) is 36.8 Å². The molecule has 2 aromatic heterocycles. The van der Waals surface area contributed by atoms with Crippen molar-refractivity contribution in [1.29, 1.82) is 0 Å². The topological polar surface area (TPSA) is 64.8 Å². The van der Waals surface area contributed by atoms with Gasteiger partial charge in [0.1, 0.15) is 5.82 Å². The first-order chi connectivity index (χ1) is 10.9. The number of imidazole rings is 1. The molecule has 0 atom stereocenters. The summed E-state index contributed by atoms with van der Waals surface area (Å²) in [4.78, 5) is 8.26. The van der Waals surface area contributed by atoms with Crippen LogP contribution in [0.3, 0.4) is 0 Å². The third-order valence-corrected chi connectivity index (χ3v) is 4.49. The molecule has 0 saturated heterocycles. The largest absolute Gasteiger partial charge is 0.317 e. The van der Waals surface area contributed by atoms with Crippen molar-refractivity contribution >= 4 is 9.84 Å². The Bertz CT molecular complexity index is 949. The van der Waals surface area contributed by atoms with Gasteiger partial charge in [-0.25, -0.2) is 17.8 Å². The van der Waals surface area contributed by atoms with Gasteiger partial charge in [-0.15, -0.1) is 0 Å². The van der Waals surface area contributed by atoms with Crippen LogP contribution < -0.4 is 0 Å². The van der Waals surface area contributed by atoms with Crippen molar-refractivity contribution in [2.24, 2.45) is 7.05 Å². The molecule has 3 rings (SSSR count). The smallest absolute Gasteiger partial charge is 0.228 e. The van der Waals surface area contributed by atoms with Crippen LogP contribution in [0.4, 0.5) is 4.39 Å². The SMILES string of the molecule is Cn1c(S(C)(=O)=O)nc(-c2ccc(F)cc2)c1-c1ccncc1. The van der Waals surface area contributed by atoms with E-state index >= 15 is 0 Å². The standard InChI is InChI=1S/C16H14FN3O2S/c1-20-15(12-7-9-18-10-8-12)14(19-16(20)23(2,21)22)11-3-5-13(17)6-4-11/h3-10H,1-2H3. The zero-order chi connectivity index (χ0) is 16.6. The van der Waals surface area contributed by atoms with E-state index in [1.165, 1.54) is 16.7 Å². The van der Waals surface area contributed by atoms with Crippen molar-refractivity contribution < 1.29 is 12.8 Å². The molecule has 1 aromatic carbocycles. The molecule has 7 heteroatoms. The fraction of sp³-hybridized carbons (Fsp3) is 0.125. The molecule has 0 aliphatic rings. The fourth-order valence-corrected chi connectivity index (χ4v) is 3.30. The second-order valence-corrected chi connectivity index (χ2v) is 7.08. The number of benzene rings is 1. The minimum absolute atomic E-state index is 0.0383. The highest BCUT2D eigenvalue weighted by Gasteiger charge is 2.23. The molecular weight excluding hydrogens is 317 g/mol. The molecule has 0 fully saturated rings. The summed E-state index contributed by atoms with van der Waals surface area (Å²) in [6.07, 6.45) is 4.36. The Balaban J connectivity index is 2.32. The second kappa shape index (κ2) is 5.58. The number of hydrogen-bond donors (Lipinski definition) is 0. The molecule has 3 aromatic rings. The van der Waals surface area contributed by atoms with Crippen molar-refractivity contribution in [1.82, 2.24) is 14.5 Å². The number of hydrogen-bond acceptors (Lipinski definition) is 4. The lowest BCUT2D eigenvalue weighted by Gasteiger charge is -2.07. The molecule has 0 spiro atoms. The first kappa shape index (κ1) is 15.4. The fourth-order valence-electron chi connectivity index (χ4n) is 2.46. The van der Waals surface area contributed by atoms with Gasteiger partial charge in [0.15, 0.2) is 0 Å². The Kier molecular flexibility index (Phi) is 3.73. The molecule has 5 nitrogen and oxygen atoms in total. The van der Waals surface area contributed by atoms with Gasteiger partial charge in [0.25, 0.3) is 0 Å². The van der Waals surface area contributed by atoms with Gasteiger partial charge >= 0.3 is 0 Å². The predicted molar refractivity (Wildman–Crippen MR) is 84.9 cm³/mol. The maximum absolute atomic E-state index is 13.2. The van der Waals surface area contributed by atoms with Gasteiger partial charge in [0.05, 0.1) is 11.4 Å². The lowest BCUT2D eigenvalue weighted by Crippen LogP contribution is -2.06. The van der Waals surface area contributed by atoms with Gasteiger partial charge in [-0.3, -0.25) is 4.98 Å². The van der Waals surface area contributed by atoms with E-state index < -0.39 is 9.84 Å². The van der Waals surface area contributed by atoms with E-state index in [4.69, 9.17) is 0 Å². The molecule has 0 N–H and O–H groups in total. The van der Waals surface area contributed by atoms with Crippen LogP contribution in [0.5, 0.6) is 0 Å². The first-order valence-corrected chi connectivity index (χ1v) is 8.70. The van der Waals surface area contributed by atoms with Crippen LogP contribution in [0.15, 0.2) is 53.9 Å². The summed E-state index contributed by atoms with van der Waals surface area (Å²) in [7, 11) is -1.85. The van der Waals surface area contributed by atoms with Crippen molar-refractivity contribution in [3.63, 3.8) is 0 Å². The molecular formula is C16H14FN3O2S. The maximum Gasteiger partial charge on any atom is 0.228 e. The van der Waals surface area contributed by atoms with E-state index in [9.17, 15) is 12.8 Å². The Morgan fingerprint density at radius 2 is 1.61 bits per heavy atom. The zero-order valence-corrected chi connectivity index (χ0v) is 13.4. The lowest BCUT2D eigenvalue weighted by molar-refractivity contribution is 0.585. The van der Waals surface area contributed by atoms with Gasteiger partial charge in [-0.1, -0.05) is 0 Å². The van der Waals surface area contributed by atoms with Crippen LogP contribution in [0.2, 0.25) is 0 Å². The molecule has 0 aliphatic heterocycles. The summed E-state index contributed by atoms with van der Waals surface area (Å²) in [5.74, 6) is -0.363. The number of aromatic nitrogens is 3. The Morgan fingerprint density at radius 1 is 1.00 bits per heavy atom. The molecule has 118 valence electrons. The third kappa shape index (κ3) is 2.87. The number of halogens is 1. The van der Waals surface area contributed by atoms with Crippen LogP contribution >= 0.6 is 0 Å². The Hall–Kier alpha value is -2.54. The molecule has 23 heavy (non-hydrogen) atoms. The molecule has 0 unspecified atom stereocenters. The van der Waals surface area contributed by atoms with Crippen LogP contribution in [0.25, 0.3) is 22.5 Å². The van der Waals surface area contributed by atoms with Crippen molar-refractivity contribution in [3.05, 3.63) is 54.6 Å². The summed E-state index contributed by atoms with van der Waals surface area (Å²) >= 11 is 0. The molecule has 0 saturated carbocycles. The number of sulfone groups is 1. The van der Waals surface area contributed by atoms with Crippen molar-refractivity contribution in [2.45, 2.75) is 5.16 Å². The summed E-state index contributed by atoms with van der Waals surface area (Å²) in [5, 5.41) is -0.0383. The van der Waals surface area contributed by atoms with Crippen LogP contribution in [-0.4, -0.2) is 29.2 Å². The summed E-state index contributed by atoms with van der Waals surface area (Å²) in [5.41, 5.74) is 2.55. The number of pyridine rings is 1. The van der Waals surface area contributed by atoms with E-state index in [1.807, 2.05) is 0 Å². The van der Waals surface area contributed by atoms with Crippen LogP contribution in [0, 0.1) is 5.82 Å².